The smallest absolute Gasteiger partial charge is 0.253 e. The molecular formula is C24H33N3O2. The average Bonchev–Trinajstić information content (AvgIpc) is 2.68. The van der Waals surface area contributed by atoms with E-state index in [0.717, 1.165) is 28.0 Å². The second-order valence-electron chi connectivity index (χ2n) is 6.61. The number of H-pyrrole nitrogens is 1. The van der Waals surface area contributed by atoms with Crippen molar-refractivity contribution in [3.8, 4) is 0 Å². The number of aromatic amines is 1. The van der Waals surface area contributed by atoms with E-state index in [-0.39, 0.29) is 18.0 Å². The number of allylic oxidation sites excluding steroid dienone is 4. The summed E-state index contributed by atoms with van der Waals surface area (Å²) in [5.74, 6) is -0.253. The van der Waals surface area contributed by atoms with Gasteiger partial charge in [0.1, 0.15) is 0 Å². The van der Waals surface area contributed by atoms with Gasteiger partial charge in [0.15, 0.2) is 0 Å². The minimum atomic E-state index is -0.253. The molecule has 1 heterocycles. The molecule has 5 nitrogen and oxygen atoms in total. The molecule has 0 unspecified atom stereocenters. The van der Waals surface area contributed by atoms with Crippen molar-refractivity contribution in [2.24, 2.45) is 0 Å². The van der Waals surface area contributed by atoms with Gasteiger partial charge in [0.05, 0.1) is 0 Å². The number of benzene rings is 1. The zero-order chi connectivity index (χ0) is 22.1. The Morgan fingerprint density at radius 3 is 2.34 bits per heavy atom. The molecule has 0 aliphatic carbocycles. The van der Waals surface area contributed by atoms with Crippen LogP contribution in [0.5, 0.6) is 0 Å². The number of carbonyl (C=O) groups is 1. The van der Waals surface area contributed by atoms with Crippen molar-refractivity contribution in [1.29, 1.82) is 0 Å². The van der Waals surface area contributed by atoms with E-state index >= 15 is 0 Å². The Balaban J connectivity index is 0.00000204. The van der Waals surface area contributed by atoms with E-state index in [1.165, 1.54) is 0 Å². The number of aromatic nitrogens is 1. The molecule has 2 aromatic rings. The molecule has 4 N–H and O–H groups in total. The molecule has 0 saturated heterocycles. The first kappa shape index (κ1) is 24.0. The summed E-state index contributed by atoms with van der Waals surface area (Å²) < 4.78 is 0. The largest absolute Gasteiger partial charge is 0.398 e. The molecule has 2 rings (SSSR count). The van der Waals surface area contributed by atoms with Gasteiger partial charge in [-0.25, -0.2) is 0 Å². The van der Waals surface area contributed by atoms with Crippen LogP contribution in [0.25, 0.3) is 5.57 Å². The first-order valence-corrected chi connectivity index (χ1v) is 9.95. The van der Waals surface area contributed by atoms with Crippen LogP contribution in [0.1, 0.15) is 66.0 Å². The van der Waals surface area contributed by atoms with Crippen molar-refractivity contribution in [3.05, 3.63) is 80.3 Å². The number of rotatable bonds is 5. The van der Waals surface area contributed by atoms with E-state index < -0.39 is 0 Å². The Labute approximate surface area is 173 Å². The third-order valence-electron chi connectivity index (χ3n) is 4.60. The van der Waals surface area contributed by atoms with Gasteiger partial charge in [-0.3, -0.25) is 9.59 Å². The van der Waals surface area contributed by atoms with Gasteiger partial charge in [0.25, 0.3) is 11.5 Å². The molecule has 1 aromatic heterocycles. The number of carbonyl (C=O) groups excluding carboxylic acids is 1. The third kappa shape index (κ3) is 5.95. The van der Waals surface area contributed by atoms with Gasteiger partial charge in [-0.2, -0.15) is 0 Å². The van der Waals surface area contributed by atoms with Crippen LogP contribution in [0.4, 0.5) is 5.69 Å². The van der Waals surface area contributed by atoms with Crippen LogP contribution in [0.2, 0.25) is 0 Å². The number of amides is 1. The molecule has 0 spiro atoms. The summed E-state index contributed by atoms with van der Waals surface area (Å²) in [6, 6.07) is 5.60. The molecule has 0 saturated carbocycles. The summed E-state index contributed by atoms with van der Waals surface area (Å²) in [6.45, 7) is 13.6. The summed E-state index contributed by atoms with van der Waals surface area (Å²) in [5.41, 5.74) is 11.8. The maximum absolute atomic E-state index is 12.8. The van der Waals surface area contributed by atoms with E-state index in [1.54, 1.807) is 0 Å². The standard InChI is InChI=1S/C22H27N3O2.C2H6/c1-6-8-16(7-2)17-10-18(15(5)20(23)11-17)21(26)24-12-19-13(3)9-14(4)25-22(19)27;1-2/h6-11H,12,23H2,1-5H3,(H,24,26)(H,25,27);1-2H3/b8-6-,16-7+;. The molecular weight excluding hydrogens is 362 g/mol. The molecule has 0 atom stereocenters. The minimum Gasteiger partial charge on any atom is -0.398 e. The Hall–Kier alpha value is -3.08. The molecule has 0 radical (unpaired) electrons. The number of nitrogens with two attached hydrogens (primary N) is 1. The van der Waals surface area contributed by atoms with Crippen molar-refractivity contribution in [2.45, 2.75) is 55.0 Å². The fourth-order valence-electron chi connectivity index (χ4n) is 3.04. The third-order valence-corrected chi connectivity index (χ3v) is 4.60. The number of anilines is 1. The highest BCUT2D eigenvalue weighted by Crippen LogP contribution is 2.25. The highest BCUT2D eigenvalue weighted by molar-refractivity contribution is 5.98. The Morgan fingerprint density at radius 2 is 1.79 bits per heavy atom. The van der Waals surface area contributed by atoms with Gasteiger partial charge in [-0.1, -0.05) is 32.1 Å². The molecule has 0 aliphatic rings. The van der Waals surface area contributed by atoms with Gasteiger partial charge in [0, 0.05) is 29.1 Å². The van der Waals surface area contributed by atoms with Gasteiger partial charge in [-0.15, -0.1) is 0 Å². The Bertz CT molecular complexity index is 982. The van der Waals surface area contributed by atoms with Crippen LogP contribution in [0, 0.1) is 20.8 Å². The molecule has 1 aromatic carbocycles. The van der Waals surface area contributed by atoms with Crippen molar-refractivity contribution in [3.63, 3.8) is 0 Å². The average molecular weight is 396 g/mol. The van der Waals surface area contributed by atoms with Crippen molar-refractivity contribution in [2.75, 3.05) is 5.73 Å². The van der Waals surface area contributed by atoms with Gasteiger partial charge in [-0.05, 0) is 75.1 Å². The van der Waals surface area contributed by atoms with Crippen molar-refractivity contribution >= 4 is 17.2 Å². The van der Waals surface area contributed by atoms with Gasteiger partial charge < -0.3 is 16.0 Å². The number of aryl methyl sites for hydroxylation is 2. The van der Waals surface area contributed by atoms with E-state index in [4.69, 9.17) is 5.73 Å². The SMILES string of the molecule is C/C=C\C(=C/C)c1cc(N)c(C)c(C(=O)NCc2c(C)cc(C)[nH]c2=O)c1.CC. The van der Waals surface area contributed by atoms with Crippen LogP contribution in [-0.4, -0.2) is 10.9 Å². The number of nitrogens with one attached hydrogen (secondary N) is 2. The maximum atomic E-state index is 12.8. The first-order chi connectivity index (χ1) is 13.8. The molecule has 1 amide bonds. The predicted molar refractivity (Wildman–Crippen MR) is 123 cm³/mol. The predicted octanol–water partition coefficient (Wildman–Crippen LogP) is 4.82. The molecule has 29 heavy (non-hydrogen) atoms. The van der Waals surface area contributed by atoms with E-state index in [1.807, 2.05) is 84.9 Å². The summed E-state index contributed by atoms with van der Waals surface area (Å²) in [4.78, 5) is 27.7. The highest BCUT2D eigenvalue weighted by atomic mass is 16.1. The van der Waals surface area contributed by atoms with Crippen LogP contribution in [-0.2, 0) is 6.54 Å². The number of pyridine rings is 1. The normalized spacial score (nSPS) is 11.2. The van der Waals surface area contributed by atoms with Crippen molar-refractivity contribution < 1.29 is 4.79 Å². The van der Waals surface area contributed by atoms with E-state index in [2.05, 4.69) is 10.3 Å². The quantitative estimate of drug-likeness (QED) is 0.501. The van der Waals surface area contributed by atoms with Crippen LogP contribution < -0.4 is 16.6 Å². The summed E-state index contributed by atoms with van der Waals surface area (Å²) in [6.07, 6.45) is 5.89. The second kappa shape index (κ2) is 11.1. The minimum absolute atomic E-state index is 0.162. The molecule has 0 aliphatic heterocycles. The summed E-state index contributed by atoms with van der Waals surface area (Å²) >= 11 is 0. The lowest BCUT2D eigenvalue weighted by molar-refractivity contribution is 0.0950. The number of nitrogen functional groups attached to an aromatic ring is 1. The lowest BCUT2D eigenvalue weighted by atomic mass is 9.97. The molecule has 156 valence electrons. The van der Waals surface area contributed by atoms with E-state index in [0.29, 0.717) is 16.8 Å². The topological polar surface area (TPSA) is 88.0 Å². The monoisotopic (exact) mass is 395 g/mol. The van der Waals surface area contributed by atoms with Crippen LogP contribution in [0.3, 0.4) is 0 Å². The number of hydrogen-bond acceptors (Lipinski definition) is 3. The fourth-order valence-corrected chi connectivity index (χ4v) is 3.04. The highest BCUT2D eigenvalue weighted by Gasteiger charge is 2.15. The van der Waals surface area contributed by atoms with Gasteiger partial charge >= 0.3 is 0 Å². The zero-order valence-electron chi connectivity index (χ0n) is 18.6. The fraction of sp³-hybridized carbons (Fsp3) is 0.333. The lowest BCUT2D eigenvalue weighted by Gasteiger charge is -2.13. The molecule has 0 bridgehead atoms. The molecule has 5 heteroatoms. The van der Waals surface area contributed by atoms with Crippen LogP contribution in [0.15, 0.2) is 41.2 Å². The lowest BCUT2D eigenvalue weighted by Crippen LogP contribution is -2.28. The van der Waals surface area contributed by atoms with Gasteiger partial charge in [0.2, 0.25) is 0 Å². The second-order valence-corrected chi connectivity index (χ2v) is 6.61. The summed E-state index contributed by atoms with van der Waals surface area (Å²) in [7, 11) is 0. The summed E-state index contributed by atoms with van der Waals surface area (Å²) in [5, 5.41) is 2.85. The van der Waals surface area contributed by atoms with Crippen molar-refractivity contribution in [1.82, 2.24) is 10.3 Å². The maximum Gasteiger partial charge on any atom is 0.253 e. The first-order valence-electron chi connectivity index (χ1n) is 9.95. The molecule has 0 fully saturated rings. The Morgan fingerprint density at radius 1 is 1.14 bits per heavy atom. The Kier molecular flexibility index (Phi) is 9.13. The van der Waals surface area contributed by atoms with Crippen LogP contribution >= 0.6 is 0 Å². The number of hydrogen-bond donors (Lipinski definition) is 3. The zero-order valence-corrected chi connectivity index (χ0v) is 18.6. The van der Waals surface area contributed by atoms with E-state index in [9.17, 15) is 9.59 Å².